The lowest BCUT2D eigenvalue weighted by Crippen LogP contribution is -2.60. The highest BCUT2D eigenvalue weighted by Crippen LogP contribution is 2.68. The van der Waals surface area contributed by atoms with Crippen molar-refractivity contribution in [2.45, 2.75) is 97.4 Å². The van der Waals surface area contributed by atoms with Crippen molar-refractivity contribution in [2.24, 2.45) is 40.4 Å². The average Bonchev–Trinajstić information content (AvgIpc) is 3.07. The Hall–Kier alpha value is -1.63. The van der Waals surface area contributed by atoms with Crippen molar-refractivity contribution in [3.8, 4) is 0 Å². The van der Waals surface area contributed by atoms with Crippen molar-refractivity contribution >= 4 is 17.9 Å². The molecule has 10 atom stereocenters. The van der Waals surface area contributed by atoms with Crippen LogP contribution < -0.4 is 0 Å². The van der Waals surface area contributed by atoms with Crippen LogP contribution in [0.3, 0.4) is 0 Å². The number of aliphatic hydroxyl groups is 1. The lowest BCUT2D eigenvalue weighted by molar-refractivity contribution is -0.194. The molecule has 0 unspecified atom stereocenters. The number of rotatable bonds is 4. The van der Waals surface area contributed by atoms with Crippen LogP contribution in [0, 0.1) is 40.4 Å². The highest BCUT2D eigenvalue weighted by Gasteiger charge is 2.65. The summed E-state index contributed by atoms with van der Waals surface area (Å²) in [7, 11) is 1.33. The Morgan fingerprint density at radius 1 is 0.970 bits per heavy atom. The van der Waals surface area contributed by atoms with E-state index in [2.05, 4.69) is 13.8 Å². The maximum atomic E-state index is 12.6. The maximum Gasteiger partial charge on any atom is 0.347 e. The zero-order valence-electron chi connectivity index (χ0n) is 20.7. The molecule has 0 aromatic carbocycles. The molecule has 4 aliphatic rings. The van der Waals surface area contributed by atoms with Crippen LogP contribution in [-0.2, 0) is 28.6 Å². The number of aliphatic hydroxyl groups excluding tert-OH is 1. The van der Waals surface area contributed by atoms with Crippen LogP contribution in [0.4, 0.5) is 0 Å². The Bertz CT molecular complexity index is 796. The molecule has 0 aromatic heterocycles. The van der Waals surface area contributed by atoms with Gasteiger partial charge >= 0.3 is 17.9 Å². The molecule has 33 heavy (non-hydrogen) atoms. The number of hydrogen-bond acceptors (Lipinski definition) is 7. The van der Waals surface area contributed by atoms with Crippen LogP contribution in [0.5, 0.6) is 0 Å². The molecule has 0 heterocycles. The van der Waals surface area contributed by atoms with Gasteiger partial charge in [-0.05, 0) is 85.9 Å². The summed E-state index contributed by atoms with van der Waals surface area (Å²) < 4.78 is 16.0. The van der Waals surface area contributed by atoms with Crippen LogP contribution >= 0.6 is 0 Å². The van der Waals surface area contributed by atoms with E-state index in [0.29, 0.717) is 24.2 Å². The van der Waals surface area contributed by atoms with Crippen LogP contribution in [0.15, 0.2) is 0 Å². The molecule has 1 N–H and O–H groups in total. The first-order valence-corrected chi connectivity index (χ1v) is 12.6. The Labute approximate surface area is 196 Å². The third-order valence-corrected chi connectivity index (χ3v) is 10.0. The Balaban J connectivity index is 1.58. The van der Waals surface area contributed by atoms with Gasteiger partial charge in [-0.2, -0.15) is 0 Å². The van der Waals surface area contributed by atoms with Gasteiger partial charge in [-0.3, -0.25) is 9.59 Å². The van der Waals surface area contributed by atoms with E-state index in [1.54, 1.807) is 0 Å². The highest BCUT2D eigenvalue weighted by atomic mass is 16.6. The number of ether oxygens (including phenoxy) is 3. The summed E-state index contributed by atoms with van der Waals surface area (Å²) in [6, 6.07) is 0. The van der Waals surface area contributed by atoms with E-state index in [4.69, 9.17) is 14.2 Å². The monoisotopic (exact) mass is 464 g/mol. The van der Waals surface area contributed by atoms with E-state index in [1.807, 2.05) is 0 Å². The SMILES string of the molecule is COC(=O)[C@@H](OC(C)=O)[C@H]1CC[C@H]2[C@@H]3CC[C@H]4C[C@H](OC(C)=O)CC[C@]4(C)[C@H]3[C@H](O)C[C@]12C. The van der Waals surface area contributed by atoms with Gasteiger partial charge in [-0.1, -0.05) is 13.8 Å². The fourth-order valence-corrected chi connectivity index (χ4v) is 8.81. The molecule has 186 valence electrons. The van der Waals surface area contributed by atoms with Crippen molar-refractivity contribution in [1.29, 1.82) is 0 Å². The fourth-order valence-electron chi connectivity index (χ4n) is 8.81. The van der Waals surface area contributed by atoms with Gasteiger partial charge in [0.15, 0.2) is 0 Å². The minimum Gasteiger partial charge on any atom is -0.466 e. The quantitative estimate of drug-likeness (QED) is 0.501. The maximum absolute atomic E-state index is 12.6. The first-order valence-electron chi connectivity index (χ1n) is 12.6. The second-order valence-electron chi connectivity index (χ2n) is 11.6. The average molecular weight is 465 g/mol. The van der Waals surface area contributed by atoms with Gasteiger partial charge < -0.3 is 19.3 Å². The second-order valence-corrected chi connectivity index (χ2v) is 11.6. The van der Waals surface area contributed by atoms with Gasteiger partial charge in [0, 0.05) is 19.8 Å². The Kier molecular flexibility index (Phi) is 6.58. The minimum absolute atomic E-state index is 0.0106. The lowest BCUT2D eigenvalue weighted by atomic mass is 9.43. The molecule has 4 rings (SSSR count). The number of carbonyl (C=O) groups excluding carboxylic acids is 3. The van der Waals surface area contributed by atoms with Crippen LogP contribution in [-0.4, -0.2) is 48.4 Å². The summed E-state index contributed by atoms with van der Waals surface area (Å²) in [6.07, 6.45) is 5.78. The van der Waals surface area contributed by atoms with Gasteiger partial charge in [0.2, 0.25) is 6.10 Å². The summed E-state index contributed by atoms with van der Waals surface area (Å²) >= 11 is 0. The van der Waals surface area contributed by atoms with Crippen LogP contribution in [0.2, 0.25) is 0 Å². The van der Waals surface area contributed by atoms with Crippen molar-refractivity contribution < 1.29 is 33.7 Å². The summed E-state index contributed by atoms with van der Waals surface area (Å²) in [5, 5.41) is 11.6. The third-order valence-electron chi connectivity index (χ3n) is 10.0. The highest BCUT2D eigenvalue weighted by molar-refractivity contribution is 5.79. The molecule has 0 bridgehead atoms. The van der Waals surface area contributed by atoms with E-state index in [9.17, 15) is 19.5 Å². The zero-order chi connectivity index (χ0) is 24.1. The molecule has 0 aromatic rings. The predicted octanol–water partition coefficient (Wildman–Crippen LogP) is 3.65. The van der Waals surface area contributed by atoms with Gasteiger partial charge in [-0.25, -0.2) is 4.79 Å². The summed E-state index contributed by atoms with van der Waals surface area (Å²) in [4.78, 5) is 35.8. The molecule has 0 saturated heterocycles. The molecule has 7 nitrogen and oxygen atoms in total. The number of methoxy groups -OCH3 is 1. The molecular formula is C26H40O7. The lowest BCUT2D eigenvalue weighted by Gasteiger charge is -2.62. The third kappa shape index (κ3) is 4.08. The minimum atomic E-state index is -0.919. The standard InChI is InChI=1S/C26H40O7/c1-14(27)32-17-10-11-25(3)16(12-17)6-7-18-19-8-9-20(23(24(30)31-5)33-15(2)28)26(19,4)13-21(29)22(18)25/h16-23,29H,6-13H2,1-5H3/t16-,17+,18-,19-,20+,21+,22+,23-,25-,26-/m0/s1. The van der Waals surface area contributed by atoms with Crippen LogP contribution in [0.1, 0.15) is 79.1 Å². The topological polar surface area (TPSA) is 99.1 Å². The number of hydrogen-bond donors (Lipinski definition) is 1. The molecule has 0 spiro atoms. The molecule has 0 radical (unpaired) electrons. The van der Waals surface area contributed by atoms with E-state index < -0.39 is 24.1 Å². The second kappa shape index (κ2) is 8.86. The zero-order valence-corrected chi connectivity index (χ0v) is 20.7. The fraction of sp³-hybridized carbons (Fsp3) is 0.885. The van der Waals surface area contributed by atoms with Gasteiger partial charge in [0.25, 0.3) is 0 Å². The normalized spacial score (nSPS) is 45.1. The van der Waals surface area contributed by atoms with E-state index in [1.165, 1.54) is 21.0 Å². The predicted molar refractivity (Wildman–Crippen MR) is 120 cm³/mol. The van der Waals surface area contributed by atoms with E-state index >= 15 is 0 Å². The summed E-state index contributed by atoms with van der Waals surface area (Å²) in [5.41, 5.74) is -0.261. The number of fused-ring (bicyclic) bond motifs is 5. The molecule has 4 fully saturated rings. The molecule has 0 aliphatic heterocycles. The summed E-state index contributed by atoms with van der Waals surface area (Å²) in [6.45, 7) is 7.32. The first-order chi connectivity index (χ1) is 15.5. The molecule has 0 amide bonds. The number of carbonyl (C=O) groups is 3. The molecular weight excluding hydrogens is 424 g/mol. The van der Waals surface area contributed by atoms with Crippen LogP contribution in [0.25, 0.3) is 0 Å². The van der Waals surface area contributed by atoms with E-state index in [-0.39, 0.29) is 34.7 Å². The molecule has 4 aliphatic carbocycles. The van der Waals surface area contributed by atoms with Crippen molar-refractivity contribution in [3.63, 3.8) is 0 Å². The Morgan fingerprint density at radius 2 is 1.70 bits per heavy atom. The number of esters is 3. The van der Waals surface area contributed by atoms with Crippen molar-refractivity contribution in [2.75, 3.05) is 7.11 Å². The van der Waals surface area contributed by atoms with Gasteiger partial charge in [0.1, 0.15) is 6.10 Å². The van der Waals surface area contributed by atoms with Gasteiger partial charge in [-0.15, -0.1) is 0 Å². The van der Waals surface area contributed by atoms with E-state index in [0.717, 1.165) is 44.9 Å². The Morgan fingerprint density at radius 3 is 2.33 bits per heavy atom. The summed E-state index contributed by atoms with van der Waals surface area (Å²) in [5.74, 6) is 0.0508. The van der Waals surface area contributed by atoms with Crippen molar-refractivity contribution in [3.05, 3.63) is 0 Å². The first kappa shape index (κ1) is 24.5. The molecule has 7 heteroatoms. The molecule has 4 saturated carbocycles. The van der Waals surface area contributed by atoms with Crippen molar-refractivity contribution in [1.82, 2.24) is 0 Å². The smallest absolute Gasteiger partial charge is 0.347 e. The van der Waals surface area contributed by atoms with Gasteiger partial charge in [0.05, 0.1) is 13.2 Å². The largest absolute Gasteiger partial charge is 0.466 e.